The molecule has 0 aliphatic heterocycles. The van der Waals surface area contributed by atoms with Crippen molar-refractivity contribution in [2.45, 2.75) is 0 Å². The van der Waals surface area contributed by atoms with E-state index >= 15 is 0 Å². The number of halogens is 3. The maximum atomic E-state index is 11.5. The molecule has 4 nitrogen and oxygen atoms in total. The molecule has 0 fully saturated rings. The van der Waals surface area contributed by atoms with E-state index in [1.165, 1.54) is 18.2 Å². The van der Waals surface area contributed by atoms with Crippen molar-refractivity contribution in [2.75, 3.05) is 17.1 Å². The average Bonchev–Trinajstić information content (AvgIpc) is 2.10. The van der Waals surface area contributed by atoms with Crippen molar-refractivity contribution in [1.29, 1.82) is 0 Å². The molecule has 0 N–H and O–H groups in total. The molecule has 8 heteroatoms. The molecule has 17 heavy (non-hydrogen) atoms. The minimum Gasteiger partial charge on any atom is -0.279 e. The number of carbonyl (C=O) groups is 1. The summed E-state index contributed by atoms with van der Waals surface area (Å²) in [6.45, 7) is -0.475. The highest BCUT2D eigenvalue weighted by atomic mass is 35.5. The van der Waals surface area contributed by atoms with Gasteiger partial charge in [0.2, 0.25) is 15.3 Å². The Morgan fingerprint density at radius 3 is 2.06 bits per heavy atom. The van der Waals surface area contributed by atoms with E-state index in [2.05, 4.69) is 0 Å². The van der Waals surface area contributed by atoms with Crippen LogP contribution in [-0.4, -0.2) is 26.5 Å². The molecule has 94 valence electrons. The van der Waals surface area contributed by atoms with Crippen molar-refractivity contribution < 1.29 is 13.2 Å². The predicted octanol–water partition coefficient (Wildman–Crippen LogP) is 2.52. The second-order valence-electron chi connectivity index (χ2n) is 3.25. The van der Waals surface area contributed by atoms with Crippen molar-refractivity contribution in [1.82, 2.24) is 0 Å². The quantitative estimate of drug-likeness (QED) is 0.802. The van der Waals surface area contributed by atoms with Crippen molar-refractivity contribution in [3.05, 3.63) is 28.2 Å². The summed E-state index contributed by atoms with van der Waals surface area (Å²) in [6, 6.07) is 4.22. The number of benzene rings is 1. The van der Waals surface area contributed by atoms with Gasteiger partial charge in [-0.2, -0.15) is 0 Å². The van der Waals surface area contributed by atoms with Crippen molar-refractivity contribution in [2.24, 2.45) is 0 Å². The van der Waals surface area contributed by atoms with Crippen LogP contribution in [0.25, 0.3) is 0 Å². The van der Waals surface area contributed by atoms with E-state index in [1.807, 2.05) is 0 Å². The van der Waals surface area contributed by atoms with Gasteiger partial charge in [0, 0.05) is 10.0 Å². The van der Waals surface area contributed by atoms with Crippen LogP contribution in [0, 0.1) is 0 Å². The fourth-order valence-electron chi connectivity index (χ4n) is 1.20. The summed E-state index contributed by atoms with van der Waals surface area (Å²) in [5, 5.41) is -0.266. The predicted molar refractivity (Wildman–Crippen MR) is 69.5 cm³/mol. The summed E-state index contributed by atoms with van der Waals surface area (Å²) < 4.78 is 23.9. The van der Waals surface area contributed by atoms with Crippen LogP contribution in [0.4, 0.5) is 5.69 Å². The molecule has 0 aliphatic rings. The van der Waals surface area contributed by atoms with Gasteiger partial charge in [-0.3, -0.25) is 9.10 Å². The van der Waals surface area contributed by atoms with Crippen molar-refractivity contribution >= 4 is 55.8 Å². The van der Waals surface area contributed by atoms with Crippen molar-refractivity contribution in [3.63, 3.8) is 0 Å². The summed E-state index contributed by atoms with van der Waals surface area (Å²) in [5.41, 5.74) is 0.194. The Balaban J connectivity index is 3.27. The first-order chi connectivity index (χ1) is 7.70. The van der Waals surface area contributed by atoms with Gasteiger partial charge in [0.1, 0.15) is 6.54 Å². The second-order valence-corrected chi connectivity index (χ2v) is 6.45. The van der Waals surface area contributed by atoms with E-state index in [4.69, 9.17) is 34.8 Å². The third kappa shape index (κ3) is 4.35. The molecule has 0 spiro atoms. The molecular weight excluding hydrogens is 309 g/mol. The number of nitrogens with zero attached hydrogens (tertiary/aromatic N) is 1. The molecule has 0 aliphatic carbocycles. The zero-order valence-corrected chi connectivity index (χ0v) is 11.7. The normalized spacial score (nSPS) is 11.3. The van der Waals surface area contributed by atoms with Crippen LogP contribution in [0.15, 0.2) is 18.2 Å². The fourth-order valence-corrected chi connectivity index (χ4v) is 2.74. The molecule has 0 radical (unpaired) electrons. The molecule has 1 rings (SSSR count). The average molecular weight is 317 g/mol. The molecule has 0 unspecified atom stereocenters. The van der Waals surface area contributed by atoms with Gasteiger partial charge in [-0.15, -0.1) is 0 Å². The lowest BCUT2D eigenvalue weighted by Gasteiger charge is -2.20. The van der Waals surface area contributed by atoms with E-state index in [1.54, 1.807) is 0 Å². The lowest BCUT2D eigenvalue weighted by atomic mass is 10.3. The molecule has 0 saturated carbocycles. The molecule has 0 amide bonds. The van der Waals surface area contributed by atoms with Gasteiger partial charge in [0.05, 0.1) is 11.9 Å². The first-order valence-corrected chi connectivity index (χ1v) is 7.30. The maximum Gasteiger partial charge on any atom is 0.242 e. The van der Waals surface area contributed by atoms with Gasteiger partial charge in [0.25, 0.3) is 0 Å². The maximum absolute atomic E-state index is 11.5. The molecular formula is C9H8Cl3NO3S. The molecule has 0 heterocycles. The highest BCUT2D eigenvalue weighted by molar-refractivity contribution is 7.92. The zero-order valence-electron chi connectivity index (χ0n) is 8.65. The number of rotatable bonds is 4. The second kappa shape index (κ2) is 5.44. The van der Waals surface area contributed by atoms with Crippen LogP contribution in [0.1, 0.15) is 0 Å². The highest BCUT2D eigenvalue weighted by Crippen LogP contribution is 2.26. The Hall–Kier alpha value is -0.490. The summed E-state index contributed by atoms with van der Waals surface area (Å²) in [6.07, 6.45) is 0.960. The molecule has 1 aromatic carbocycles. The van der Waals surface area contributed by atoms with Crippen LogP contribution >= 0.6 is 34.8 Å². The van der Waals surface area contributed by atoms with Gasteiger partial charge in [0.15, 0.2) is 0 Å². The van der Waals surface area contributed by atoms with Crippen LogP contribution in [0.5, 0.6) is 0 Å². The minimum absolute atomic E-state index is 0.194. The molecule has 0 bridgehead atoms. The van der Waals surface area contributed by atoms with Crippen LogP contribution in [0.3, 0.4) is 0 Å². The summed E-state index contributed by atoms with van der Waals surface area (Å²) in [7, 11) is -3.64. The van der Waals surface area contributed by atoms with Gasteiger partial charge in [-0.1, -0.05) is 23.2 Å². The Morgan fingerprint density at radius 2 is 1.71 bits per heavy atom. The van der Waals surface area contributed by atoms with Crippen LogP contribution < -0.4 is 4.31 Å². The Labute approximate surface area is 114 Å². The summed E-state index contributed by atoms with van der Waals surface area (Å²) >= 11 is 16.7. The molecule has 1 aromatic rings. The third-order valence-electron chi connectivity index (χ3n) is 1.80. The van der Waals surface area contributed by atoms with E-state index < -0.39 is 21.8 Å². The summed E-state index contributed by atoms with van der Waals surface area (Å²) in [5.74, 6) is 0. The SMILES string of the molecule is CS(=O)(=O)N(CC(=O)Cl)c1cc(Cl)cc(Cl)c1. The van der Waals surface area contributed by atoms with E-state index in [0.717, 1.165) is 10.6 Å². The largest absolute Gasteiger partial charge is 0.279 e. The first kappa shape index (κ1) is 14.6. The van der Waals surface area contributed by atoms with Gasteiger partial charge < -0.3 is 0 Å². The van der Waals surface area contributed by atoms with Crippen molar-refractivity contribution in [3.8, 4) is 0 Å². The zero-order chi connectivity index (χ0) is 13.2. The monoisotopic (exact) mass is 315 g/mol. The Bertz CT molecular complexity index is 524. The van der Waals surface area contributed by atoms with Crippen LogP contribution in [0.2, 0.25) is 10.0 Å². The Morgan fingerprint density at radius 1 is 1.24 bits per heavy atom. The molecule has 0 saturated heterocycles. The topological polar surface area (TPSA) is 54.5 Å². The lowest BCUT2D eigenvalue weighted by Crippen LogP contribution is -2.33. The number of anilines is 1. The number of hydrogen-bond acceptors (Lipinski definition) is 3. The summed E-state index contributed by atoms with van der Waals surface area (Å²) in [4.78, 5) is 10.8. The number of hydrogen-bond donors (Lipinski definition) is 0. The molecule has 0 atom stereocenters. The van der Waals surface area contributed by atoms with E-state index in [-0.39, 0.29) is 15.7 Å². The fraction of sp³-hybridized carbons (Fsp3) is 0.222. The lowest BCUT2D eigenvalue weighted by molar-refractivity contribution is -0.110. The minimum atomic E-state index is -3.64. The van der Waals surface area contributed by atoms with Gasteiger partial charge in [-0.05, 0) is 29.8 Å². The standard InChI is InChI=1S/C9H8Cl3NO3S/c1-17(15,16)13(5-9(12)14)8-3-6(10)2-7(11)4-8/h2-4H,5H2,1H3. The highest BCUT2D eigenvalue weighted by Gasteiger charge is 2.20. The van der Waals surface area contributed by atoms with Gasteiger partial charge >= 0.3 is 0 Å². The van der Waals surface area contributed by atoms with Crippen LogP contribution in [-0.2, 0) is 14.8 Å². The molecule has 0 aromatic heterocycles. The Kier molecular flexibility index (Phi) is 4.66. The van der Waals surface area contributed by atoms with Gasteiger partial charge in [-0.25, -0.2) is 8.42 Å². The number of sulfonamides is 1. The van der Waals surface area contributed by atoms with E-state index in [0.29, 0.717) is 0 Å². The first-order valence-electron chi connectivity index (χ1n) is 4.32. The smallest absolute Gasteiger partial charge is 0.242 e. The number of carbonyl (C=O) groups excluding carboxylic acids is 1. The van der Waals surface area contributed by atoms with E-state index in [9.17, 15) is 13.2 Å². The third-order valence-corrected chi connectivity index (χ3v) is 3.50.